The van der Waals surface area contributed by atoms with Gasteiger partial charge in [-0.1, -0.05) is 48.8 Å². The molecular formula is C28H36O7S2. The molecule has 5 heterocycles. The number of ether oxygens (including phenoxy) is 5. The summed E-state index contributed by atoms with van der Waals surface area (Å²) >= 11 is 0. The highest BCUT2D eigenvalue weighted by Crippen LogP contribution is 2.83. The van der Waals surface area contributed by atoms with Gasteiger partial charge in [0, 0.05) is 28.4 Å². The summed E-state index contributed by atoms with van der Waals surface area (Å²) < 4.78 is 31.9. The molecule has 0 aromatic heterocycles. The normalized spacial score (nSPS) is 51.8. The van der Waals surface area contributed by atoms with Crippen molar-refractivity contribution in [2.75, 3.05) is 12.4 Å². The molecule has 1 unspecified atom stereocenters. The first-order valence-electron chi connectivity index (χ1n) is 14.2. The summed E-state index contributed by atoms with van der Waals surface area (Å²) in [6.45, 7) is 7.02. The van der Waals surface area contributed by atoms with Crippen molar-refractivity contribution in [1.29, 1.82) is 0 Å². The van der Waals surface area contributed by atoms with Gasteiger partial charge in [0.1, 0.15) is 30.0 Å². The van der Waals surface area contributed by atoms with E-state index in [0.717, 1.165) is 42.1 Å². The predicted molar refractivity (Wildman–Crippen MR) is 138 cm³/mol. The number of unbranched alkanes of at least 4 members (excludes halogenated alkanes) is 1. The zero-order chi connectivity index (χ0) is 25.4. The Labute approximate surface area is 225 Å². The summed E-state index contributed by atoms with van der Waals surface area (Å²) in [6.07, 6.45) is 6.53. The molecule has 8 aliphatic rings. The highest BCUT2D eigenvalue weighted by molar-refractivity contribution is 8.77. The van der Waals surface area contributed by atoms with Crippen molar-refractivity contribution in [1.82, 2.24) is 0 Å². The minimum absolute atomic E-state index is 0.0513. The summed E-state index contributed by atoms with van der Waals surface area (Å²) in [5.74, 6) is 1.32. The standard InChI is InChI=1S/C28H36O7S2/c1-14(2)26-21(34-26)22-28(35-22)25(3)10-8-16-17(13-31-23(16)30)18(25)12-19-27(28,33-19)24(26)32-20(29)7-5-4-6-15-9-11-36-37-15/h14-15,18-19,21-22,24H,4-13H2,1-3H3/t15?,18-,19-,21-,22-,24+,25-,26-,27+,28+/m0/s1. The Balaban J connectivity index is 1.07. The molecule has 5 aliphatic heterocycles. The Kier molecular flexibility index (Phi) is 5.02. The topological polar surface area (TPSA) is 90.2 Å². The number of carbonyl (C=O) groups excluding carboxylic acids is 2. The number of hydrogen-bond acceptors (Lipinski definition) is 9. The summed E-state index contributed by atoms with van der Waals surface area (Å²) in [7, 11) is 3.96. The second-order valence-electron chi connectivity index (χ2n) is 13.0. The minimum Gasteiger partial charge on any atom is -0.458 e. The van der Waals surface area contributed by atoms with Gasteiger partial charge in [0.05, 0.1) is 6.10 Å². The van der Waals surface area contributed by atoms with E-state index in [1.165, 1.54) is 18.6 Å². The lowest BCUT2D eigenvalue weighted by Gasteiger charge is -2.53. The Morgan fingerprint density at radius 1 is 1.19 bits per heavy atom. The third-order valence-corrected chi connectivity index (χ3v) is 14.2. The average molecular weight is 549 g/mol. The lowest BCUT2D eigenvalue weighted by molar-refractivity contribution is -0.169. The average Bonchev–Trinajstić information content (AvgIpc) is 3.80. The molecular weight excluding hydrogens is 512 g/mol. The molecule has 3 aliphatic carbocycles. The number of hydrogen-bond donors (Lipinski definition) is 0. The fourth-order valence-corrected chi connectivity index (χ4v) is 12.3. The third kappa shape index (κ3) is 2.84. The number of esters is 2. The van der Waals surface area contributed by atoms with E-state index < -0.39 is 22.9 Å². The van der Waals surface area contributed by atoms with E-state index in [-0.39, 0.29) is 47.5 Å². The van der Waals surface area contributed by atoms with Crippen LogP contribution in [0.2, 0.25) is 0 Å². The molecule has 7 nitrogen and oxygen atoms in total. The highest BCUT2D eigenvalue weighted by Gasteiger charge is 3.01. The molecule has 4 saturated heterocycles. The fourth-order valence-electron chi connectivity index (χ4n) is 9.24. The third-order valence-electron chi connectivity index (χ3n) is 11.2. The van der Waals surface area contributed by atoms with Crippen LogP contribution >= 0.6 is 21.6 Å². The second kappa shape index (κ2) is 7.71. The van der Waals surface area contributed by atoms with Crippen molar-refractivity contribution < 1.29 is 33.3 Å². The molecule has 0 radical (unpaired) electrons. The molecule has 6 fully saturated rings. The summed E-state index contributed by atoms with van der Waals surface area (Å²) in [6, 6.07) is 0. The number of epoxide rings is 3. The molecule has 2 saturated carbocycles. The van der Waals surface area contributed by atoms with Gasteiger partial charge >= 0.3 is 11.9 Å². The van der Waals surface area contributed by atoms with Crippen LogP contribution in [0.1, 0.15) is 72.1 Å². The van der Waals surface area contributed by atoms with Gasteiger partial charge < -0.3 is 23.7 Å². The van der Waals surface area contributed by atoms with Crippen LogP contribution in [0.4, 0.5) is 0 Å². The van der Waals surface area contributed by atoms with E-state index in [0.29, 0.717) is 19.4 Å². The molecule has 9 heteroatoms. The maximum atomic E-state index is 13.3. The van der Waals surface area contributed by atoms with Crippen molar-refractivity contribution in [3.05, 3.63) is 11.1 Å². The molecule has 37 heavy (non-hydrogen) atoms. The van der Waals surface area contributed by atoms with Crippen molar-refractivity contribution in [2.24, 2.45) is 17.3 Å². The van der Waals surface area contributed by atoms with Crippen LogP contribution in [-0.4, -0.2) is 70.8 Å². The van der Waals surface area contributed by atoms with Gasteiger partial charge in [-0.3, -0.25) is 4.79 Å². The zero-order valence-corrected chi connectivity index (χ0v) is 23.4. The smallest absolute Gasteiger partial charge is 0.334 e. The van der Waals surface area contributed by atoms with Gasteiger partial charge in [0.25, 0.3) is 0 Å². The first kappa shape index (κ1) is 24.1. The molecule has 2 spiro atoms. The molecule has 10 atom stereocenters. The zero-order valence-electron chi connectivity index (χ0n) is 21.8. The van der Waals surface area contributed by atoms with E-state index in [1.54, 1.807) is 0 Å². The van der Waals surface area contributed by atoms with Gasteiger partial charge in [-0.05, 0) is 55.9 Å². The maximum Gasteiger partial charge on any atom is 0.334 e. The van der Waals surface area contributed by atoms with Crippen molar-refractivity contribution in [3.8, 4) is 0 Å². The summed E-state index contributed by atoms with van der Waals surface area (Å²) in [4.78, 5) is 25.7. The lowest BCUT2D eigenvalue weighted by atomic mass is 9.46. The van der Waals surface area contributed by atoms with Crippen molar-refractivity contribution >= 4 is 33.5 Å². The molecule has 8 rings (SSSR count). The largest absolute Gasteiger partial charge is 0.458 e. The van der Waals surface area contributed by atoms with Crippen LogP contribution in [0.25, 0.3) is 0 Å². The Bertz CT molecular complexity index is 1100. The van der Waals surface area contributed by atoms with Crippen LogP contribution in [0, 0.1) is 17.3 Å². The molecule has 0 aromatic rings. The second-order valence-corrected chi connectivity index (χ2v) is 15.7. The van der Waals surface area contributed by atoms with Crippen LogP contribution in [0.5, 0.6) is 0 Å². The van der Waals surface area contributed by atoms with E-state index in [4.69, 9.17) is 23.7 Å². The van der Waals surface area contributed by atoms with E-state index in [9.17, 15) is 9.59 Å². The lowest BCUT2D eigenvalue weighted by Crippen LogP contribution is -2.70. The predicted octanol–water partition coefficient (Wildman–Crippen LogP) is 4.37. The van der Waals surface area contributed by atoms with Crippen LogP contribution < -0.4 is 0 Å². The van der Waals surface area contributed by atoms with E-state index >= 15 is 0 Å². The van der Waals surface area contributed by atoms with Gasteiger partial charge in [0.15, 0.2) is 11.7 Å². The van der Waals surface area contributed by atoms with E-state index in [2.05, 4.69) is 20.8 Å². The first-order valence-corrected chi connectivity index (χ1v) is 16.6. The Morgan fingerprint density at radius 3 is 2.84 bits per heavy atom. The number of cyclic esters (lactones) is 1. The quantitative estimate of drug-likeness (QED) is 0.199. The fraction of sp³-hybridized carbons (Fsp3) is 0.857. The van der Waals surface area contributed by atoms with Crippen molar-refractivity contribution in [3.63, 3.8) is 0 Å². The number of fused-ring (bicyclic) bond motifs is 4. The molecule has 202 valence electrons. The first-order chi connectivity index (χ1) is 17.8. The van der Waals surface area contributed by atoms with Crippen molar-refractivity contribution in [2.45, 2.75) is 119 Å². The summed E-state index contributed by atoms with van der Waals surface area (Å²) in [5, 5.41) is 0.732. The van der Waals surface area contributed by atoms with Gasteiger partial charge in [-0.2, -0.15) is 0 Å². The van der Waals surface area contributed by atoms with Gasteiger partial charge in [-0.25, -0.2) is 4.79 Å². The van der Waals surface area contributed by atoms with Crippen LogP contribution in [0.15, 0.2) is 11.1 Å². The Morgan fingerprint density at radius 2 is 2.05 bits per heavy atom. The van der Waals surface area contributed by atoms with Gasteiger partial charge in [-0.15, -0.1) is 0 Å². The highest BCUT2D eigenvalue weighted by atomic mass is 33.1. The van der Waals surface area contributed by atoms with E-state index in [1.807, 2.05) is 21.6 Å². The molecule has 0 aromatic carbocycles. The van der Waals surface area contributed by atoms with Crippen LogP contribution in [0.3, 0.4) is 0 Å². The SMILES string of the molecule is CC(C)[C@]12O[C@H]1[C@@H]1O[C@]13[C@]1(O[C@H]1C[C@H]1C4=C(CC[C@@]13C)C(=O)OC4)[C@@H]2OC(=O)CCCCC1CCSS1. The maximum absolute atomic E-state index is 13.3. The Hall–Kier alpha value is -0.740. The minimum atomic E-state index is -0.658. The summed E-state index contributed by atoms with van der Waals surface area (Å²) in [5.41, 5.74) is 0.0674. The number of carbonyl (C=O) groups is 2. The molecule has 0 N–H and O–H groups in total. The number of rotatable bonds is 7. The molecule has 0 bridgehead atoms. The monoisotopic (exact) mass is 548 g/mol. The van der Waals surface area contributed by atoms with Gasteiger partial charge in [0.2, 0.25) is 0 Å². The van der Waals surface area contributed by atoms with Crippen LogP contribution in [-0.2, 0) is 33.3 Å². The molecule has 0 amide bonds.